The molecule has 0 saturated heterocycles. The fourth-order valence-corrected chi connectivity index (χ4v) is 5.16. The Morgan fingerprint density at radius 1 is 1.05 bits per heavy atom. The van der Waals surface area contributed by atoms with Crippen molar-refractivity contribution in [1.29, 1.82) is 0 Å². The zero-order chi connectivity index (χ0) is 16.3. The second kappa shape index (κ2) is 8.18. The van der Waals surface area contributed by atoms with Gasteiger partial charge in [0.1, 0.15) is 0 Å². The van der Waals surface area contributed by atoms with Gasteiger partial charge >= 0.3 is 0 Å². The number of hydrogen-bond acceptors (Lipinski definition) is 1. The van der Waals surface area contributed by atoms with Crippen molar-refractivity contribution in [2.24, 2.45) is 41.4 Å². The van der Waals surface area contributed by atoms with E-state index in [9.17, 15) is 0 Å². The molecule has 6 unspecified atom stereocenters. The summed E-state index contributed by atoms with van der Waals surface area (Å²) in [5, 5.41) is 0. The summed E-state index contributed by atoms with van der Waals surface area (Å²) < 4.78 is 0. The van der Waals surface area contributed by atoms with E-state index in [1.807, 2.05) is 0 Å². The van der Waals surface area contributed by atoms with Crippen LogP contribution in [0.4, 0.5) is 0 Å². The number of hydrogen-bond donors (Lipinski definition) is 0. The molecule has 0 aromatic carbocycles. The van der Waals surface area contributed by atoms with E-state index >= 15 is 0 Å². The molecule has 0 aromatic heterocycles. The first-order chi connectivity index (χ1) is 10.4. The second-order valence-corrected chi connectivity index (χ2v) is 9.14. The van der Waals surface area contributed by atoms with Gasteiger partial charge in [-0.15, -0.1) is 0 Å². The summed E-state index contributed by atoms with van der Waals surface area (Å²) in [6.45, 7) is 15.0. The minimum atomic E-state index is 0.882. The van der Waals surface area contributed by atoms with Crippen LogP contribution in [0.1, 0.15) is 73.1 Å². The summed E-state index contributed by atoms with van der Waals surface area (Å²) in [4.78, 5) is 2.62. The van der Waals surface area contributed by atoms with E-state index in [-0.39, 0.29) is 0 Å². The normalized spacial score (nSPS) is 33.1. The highest BCUT2D eigenvalue weighted by molar-refractivity contribution is 4.92. The van der Waals surface area contributed by atoms with Crippen LogP contribution in [0.25, 0.3) is 0 Å². The molecule has 0 amide bonds. The van der Waals surface area contributed by atoms with E-state index in [1.54, 1.807) is 0 Å². The quantitative estimate of drug-likeness (QED) is 0.528. The molecule has 0 bridgehead atoms. The summed E-state index contributed by atoms with van der Waals surface area (Å²) >= 11 is 0. The van der Waals surface area contributed by atoms with Gasteiger partial charge in [0.2, 0.25) is 0 Å². The third kappa shape index (κ3) is 4.49. The Bertz CT molecular complexity index is 318. The standard InChI is InChI=1S/C21H41N/c1-7-15(2)11-16(3)20-12-21(18(20)5)17(4)13-22(6)14-19-9-8-10-19/h15-21H,7-14H2,1-6H3. The van der Waals surface area contributed by atoms with Crippen molar-refractivity contribution in [2.45, 2.75) is 73.1 Å². The van der Waals surface area contributed by atoms with Gasteiger partial charge in [-0.05, 0) is 74.2 Å². The van der Waals surface area contributed by atoms with Crippen LogP contribution in [0.5, 0.6) is 0 Å². The molecule has 0 N–H and O–H groups in total. The lowest BCUT2D eigenvalue weighted by atomic mass is 9.56. The summed E-state index contributed by atoms with van der Waals surface area (Å²) in [7, 11) is 2.35. The Labute approximate surface area is 140 Å². The zero-order valence-corrected chi connectivity index (χ0v) is 16.1. The molecule has 2 aliphatic rings. The van der Waals surface area contributed by atoms with Gasteiger partial charge in [0.15, 0.2) is 0 Å². The highest BCUT2D eigenvalue weighted by Crippen LogP contribution is 2.49. The maximum atomic E-state index is 2.62. The van der Waals surface area contributed by atoms with Gasteiger partial charge in [-0.25, -0.2) is 0 Å². The van der Waals surface area contributed by atoms with Crippen molar-refractivity contribution in [2.75, 3.05) is 20.1 Å². The average Bonchev–Trinajstić information content (AvgIpc) is 2.40. The first-order valence-electron chi connectivity index (χ1n) is 10.1. The van der Waals surface area contributed by atoms with Crippen LogP contribution >= 0.6 is 0 Å². The van der Waals surface area contributed by atoms with Gasteiger partial charge < -0.3 is 4.90 Å². The van der Waals surface area contributed by atoms with Crippen LogP contribution < -0.4 is 0 Å². The summed E-state index contributed by atoms with van der Waals surface area (Å²) in [6, 6.07) is 0. The van der Waals surface area contributed by atoms with Crippen molar-refractivity contribution < 1.29 is 0 Å². The van der Waals surface area contributed by atoms with E-state index in [2.05, 4.69) is 46.6 Å². The summed E-state index contributed by atoms with van der Waals surface area (Å²) in [5.74, 6) is 6.66. The predicted octanol–water partition coefficient (Wildman–Crippen LogP) is 5.70. The fourth-order valence-electron chi connectivity index (χ4n) is 5.16. The molecule has 0 aromatic rings. The van der Waals surface area contributed by atoms with Gasteiger partial charge in [-0.2, -0.15) is 0 Å². The highest BCUT2D eigenvalue weighted by Gasteiger charge is 2.43. The Hall–Kier alpha value is -0.0400. The van der Waals surface area contributed by atoms with Crippen LogP contribution in [-0.4, -0.2) is 25.0 Å². The molecule has 130 valence electrons. The maximum Gasteiger partial charge on any atom is 0.000683 e. The van der Waals surface area contributed by atoms with Crippen LogP contribution in [0.3, 0.4) is 0 Å². The molecule has 2 rings (SSSR count). The molecule has 0 heterocycles. The fraction of sp³-hybridized carbons (Fsp3) is 1.00. The van der Waals surface area contributed by atoms with Crippen molar-refractivity contribution in [1.82, 2.24) is 4.90 Å². The third-order valence-electron chi connectivity index (χ3n) is 7.22. The van der Waals surface area contributed by atoms with Crippen LogP contribution in [0.15, 0.2) is 0 Å². The molecular formula is C21H41N. The van der Waals surface area contributed by atoms with Crippen molar-refractivity contribution in [3.8, 4) is 0 Å². The minimum absolute atomic E-state index is 0.882. The smallest absolute Gasteiger partial charge is 0.000683 e. The van der Waals surface area contributed by atoms with Gasteiger partial charge in [0.25, 0.3) is 0 Å². The lowest BCUT2D eigenvalue weighted by Crippen LogP contribution is -2.45. The maximum absolute atomic E-state index is 2.62. The van der Waals surface area contributed by atoms with Crippen molar-refractivity contribution >= 4 is 0 Å². The largest absolute Gasteiger partial charge is 0.306 e. The first-order valence-corrected chi connectivity index (χ1v) is 10.1. The van der Waals surface area contributed by atoms with Crippen LogP contribution in [0.2, 0.25) is 0 Å². The number of rotatable bonds is 9. The molecular weight excluding hydrogens is 266 g/mol. The zero-order valence-electron chi connectivity index (χ0n) is 16.1. The van der Waals surface area contributed by atoms with Crippen LogP contribution in [-0.2, 0) is 0 Å². The molecule has 1 heteroatoms. The van der Waals surface area contributed by atoms with E-state index in [4.69, 9.17) is 0 Å². The molecule has 2 aliphatic carbocycles. The Morgan fingerprint density at radius 3 is 2.18 bits per heavy atom. The van der Waals surface area contributed by atoms with E-state index < -0.39 is 0 Å². The van der Waals surface area contributed by atoms with Gasteiger partial charge in [-0.3, -0.25) is 0 Å². The molecule has 2 saturated carbocycles. The lowest BCUT2D eigenvalue weighted by Gasteiger charge is -2.50. The van der Waals surface area contributed by atoms with Gasteiger partial charge in [-0.1, -0.05) is 47.5 Å². The highest BCUT2D eigenvalue weighted by atomic mass is 15.1. The molecule has 1 nitrogen and oxygen atoms in total. The summed E-state index contributed by atoms with van der Waals surface area (Å²) in [6.07, 6.45) is 8.72. The monoisotopic (exact) mass is 307 g/mol. The predicted molar refractivity (Wildman–Crippen MR) is 98.0 cm³/mol. The van der Waals surface area contributed by atoms with Gasteiger partial charge in [0, 0.05) is 13.1 Å². The Balaban J connectivity index is 1.70. The Morgan fingerprint density at radius 2 is 1.68 bits per heavy atom. The van der Waals surface area contributed by atoms with E-state index in [1.165, 1.54) is 51.6 Å². The minimum Gasteiger partial charge on any atom is -0.306 e. The third-order valence-corrected chi connectivity index (χ3v) is 7.22. The molecule has 22 heavy (non-hydrogen) atoms. The molecule has 6 atom stereocenters. The summed E-state index contributed by atoms with van der Waals surface area (Å²) in [5.41, 5.74) is 0. The van der Waals surface area contributed by atoms with E-state index in [0.717, 1.165) is 41.4 Å². The molecule has 0 aliphatic heterocycles. The SMILES string of the molecule is CCC(C)CC(C)C1CC(C(C)CN(C)CC2CCC2)C1C. The molecule has 0 spiro atoms. The van der Waals surface area contributed by atoms with E-state index in [0.29, 0.717) is 0 Å². The second-order valence-electron chi connectivity index (χ2n) is 9.14. The molecule has 2 fully saturated rings. The topological polar surface area (TPSA) is 3.24 Å². The van der Waals surface area contributed by atoms with Crippen LogP contribution in [0, 0.1) is 41.4 Å². The van der Waals surface area contributed by atoms with Gasteiger partial charge in [0.05, 0.1) is 0 Å². The van der Waals surface area contributed by atoms with Crippen molar-refractivity contribution in [3.63, 3.8) is 0 Å². The lowest BCUT2D eigenvalue weighted by molar-refractivity contribution is -0.00896. The number of nitrogens with zero attached hydrogens (tertiary/aromatic N) is 1. The molecule has 0 radical (unpaired) electrons. The first kappa shape index (κ1) is 18.3. The average molecular weight is 308 g/mol. The Kier molecular flexibility index (Phi) is 6.80. The van der Waals surface area contributed by atoms with Crippen molar-refractivity contribution in [3.05, 3.63) is 0 Å².